The van der Waals surface area contributed by atoms with Gasteiger partial charge in [0.05, 0.1) is 50.2 Å². The van der Waals surface area contributed by atoms with E-state index in [1.54, 1.807) is 0 Å². The molecule has 0 N–H and O–H groups in total. The van der Waals surface area contributed by atoms with E-state index in [1.165, 1.54) is 109 Å². The molecule has 0 radical (unpaired) electrons. The first-order valence-corrected chi connectivity index (χ1v) is 49.4. The molecule has 0 aliphatic rings. The maximum absolute atomic E-state index is 5.33. The van der Waals surface area contributed by atoms with Gasteiger partial charge in [-0.3, -0.25) is 9.55 Å². The molecule has 0 amide bonds. The van der Waals surface area contributed by atoms with Gasteiger partial charge in [0.1, 0.15) is 5.82 Å². The minimum atomic E-state index is 0.627. The monoisotopic (exact) mass is 1850 g/mol. The molecule has 680 valence electrons. The van der Waals surface area contributed by atoms with Crippen molar-refractivity contribution in [3.63, 3.8) is 0 Å². The second-order valence-electron chi connectivity index (χ2n) is 36.8. The topological polar surface area (TPSA) is 105 Å². The van der Waals surface area contributed by atoms with Crippen LogP contribution in [0.4, 0.5) is 0 Å². The lowest BCUT2D eigenvalue weighted by molar-refractivity contribution is 0.908. The lowest BCUT2D eigenvalue weighted by Gasteiger charge is -2.18. The maximum Gasteiger partial charge on any atom is 0.164 e. The van der Waals surface area contributed by atoms with E-state index in [9.17, 15) is 0 Å². The summed E-state index contributed by atoms with van der Waals surface area (Å²) in [5, 5.41) is 19.2. The highest BCUT2D eigenvalue weighted by atomic mass is 15.1. The van der Waals surface area contributed by atoms with Crippen molar-refractivity contribution in [1.82, 2.24) is 48.6 Å². The van der Waals surface area contributed by atoms with Crippen LogP contribution in [0.5, 0.6) is 0 Å². The van der Waals surface area contributed by atoms with E-state index in [1.807, 2.05) is 48.7 Å². The number of para-hydroxylation sites is 6. The van der Waals surface area contributed by atoms with Crippen molar-refractivity contribution in [3.8, 4) is 141 Å². The van der Waals surface area contributed by atoms with Gasteiger partial charge in [-0.15, -0.1) is 0 Å². The molecule has 6 aromatic heterocycles. The largest absolute Gasteiger partial charge is 0.309 e. The molecule has 0 aliphatic heterocycles. The van der Waals surface area contributed by atoms with Crippen LogP contribution < -0.4 is 0 Å². The normalized spacial score (nSPS) is 11.5. The molecular weight excluding hydrogens is 1760 g/mol. The molecule has 6 heterocycles. The molecule has 0 atom stereocenters. The van der Waals surface area contributed by atoms with Gasteiger partial charge >= 0.3 is 0 Å². The first-order valence-electron chi connectivity index (χ1n) is 49.4. The number of hydrogen-bond donors (Lipinski definition) is 0. The summed E-state index contributed by atoms with van der Waals surface area (Å²) in [6.07, 6.45) is 2.69. The highest BCUT2D eigenvalue weighted by Gasteiger charge is 2.25. The van der Waals surface area contributed by atoms with Gasteiger partial charge in [-0.25, -0.2) is 29.9 Å². The van der Waals surface area contributed by atoms with Gasteiger partial charge < -0.3 is 9.13 Å². The molecule has 0 bridgehead atoms. The van der Waals surface area contributed by atoms with Crippen LogP contribution in [0.1, 0.15) is 12.7 Å². The molecule has 28 rings (SSSR count). The van der Waals surface area contributed by atoms with Gasteiger partial charge in [0.15, 0.2) is 23.3 Å². The predicted octanol–water partition coefficient (Wildman–Crippen LogP) is 34.8. The van der Waals surface area contributed by atoms with Gasteiger partial charge in [-0.2, -0.15) is 0 Å². The number of nitrogens with zero attached hydrogens (tertiary/aromatic N) is 10. The van der Waals surface area contributed by atoms with Gasteiger partial charge in [0, 0.05) is 90.2 Å². The van der Waals surface area contributed by atoms with Crippen LogP contribution in [0.25, 0.3) is 260 Å². The second-order valence-corrected chi connectivity index (χ2v) is 36.8. The summed E-state index contributed by atoms with van der Waals surface area (Å²) in [6, 6.07) is 181. The number of pyridine rings is 1. The maximum atomic E-state index is 5.33. The molecule has 0 spiro atoms. The number of benzene rings is 22. The first-order chi connectivity index (χ1) is 71.9. The average Bonchev–Trinajstić information content (AvgIpc) is 1.70. The molecular formula is C135H90N10. The summed E-state index contributed by atoms with van der Waals surface area (Å²) in [6.45, 7) is 2.17. The Labute approximate surface area is 837 Å². The Balaban J connectivity index is 0.000000112. The van der Waals surface area contributed by atoms with Crippen LogP contribution in [-0.2, 0) is 6.42 Å². The van der Waals surface area contributed by atoms with Gasteiger partial charge in [0.2, 0.25) is 0 Å². The quantitative estimate of drug-likeness (QED) is 0.0744. The predicted molar refractivity (Wildman–Crippen MR) is 604 cm³/mol. The highest BCUT2D eigenvalue weighted by molar-refractivity contribution is 6.22. The van der Waals surface area contributed by atoms with Gasteiger partial charge in [0.25, 0.3) is 0 Å². The average molecular weight is 1850 g/mol. The van der Waals surface area contributed by atoms with E-state index in [4.69, 9.17) is 29.9 Å². The van der Waals surface area contributed by atoms with Crippen LogP contribution in [0, 0.1) is 0 Å². The zero-order valence-electron chi connectivity index (χ0n) is 79.3. The summed E-state index contributed by atoms with van der Waals surface area (Å²) in [5.41, 5.74) is 29.5. The van der Waals surface area contributed by atoms with Crippen LogP contribution >= 0.6 is 0 Å². The Morgan fingerprint density at radius 3 is 0.938 bits per heavy atom. The number of aromatic nitrogens is 10. The van der Waals surface area contributed by atoms with Gasteiger partial charge in [-0.1, -0.05) is 419 Å². The Morgan fingerprint density at radius 1 is 0.179 bits per heavy atom. The minimum absolute atomic E-state index is 0.627. The minimum Gasteiger partial charge on any atom is -0.309 e. The highest BCUT2D eigenvalue weighted by Crippen LogP contribution is 2.47. The zero-order chi connectivity index (χ0) is 96.2. The number of hydrogen-bond acceptors (Lipinski definition) is 7. The first kappa shape index (κ1) is 86.1. The molecule has 28 aromatic rings. The zero-order valence-corrected chi connectivity index (χ0v) is 79.3. The third-order valence-corrected chi connectivity index (χ3v) is 28.3. The molecule has 0 saturated carbocycles. The third kappa shape index (κ3) is 15.9. The molecule has 0 saturated heterocycles. The number of aryl methyl sites for hydroxylation is 1. The summed E-state index contributed by atoms with van der Waals surface area (Å²) < 4.78 is 7.08. The van der Waals surface area contributed by atoms with E-state index < -0.39 is 0 Å². The van der Waals surface area contributed by atoms with Crippen molar-refractivity contribution in [1.29, 1.82) is 0 Å². The fourth-order valence-corrected chi connectivity index (χ4v) is 21.5. The molecule has 0 unspecified atom stereocenters. The summed E-state index contributed by atoms with van der Waals surface area (Å²) in [7, 11) is 0. The van der Waals surface area contributed by atoms with Crippen molar-refractivity contribution >= 4 is 119 Å². The fraction of sp³-hybridized carbons (Fsp3) is 0.0148. The SMILES string of the molecule is CCc1nc2ccccc2n1-c1ccc(-c2c3ccccc3c(-c3ccc(-c4ccccc4)cc3)c3ccccc23)cc1.c1ccc(-c2ccc(-c3cc(-c4cc(-n5c6ccccc6c6ccccc65)cc(-n5c6ccccc6c6ccccc65)c4)nc(-c4ccccc4)n3)cc2)cc1.c1ccc(-c2ccc(-c3nc(-c4cc5ccccc5c5ccccc45)nc(-c4cc5ccccc5c5ccccc45)n3)cc2)nc1. The number of fused-ring (bicyclic) bond motifs is 15. The van der Waals surface area contributed by atoms with Crippen molar-refractivity contribution in [2.45, 2.75) is 13.3 Å². The Hall–Kier alpha value is -19.3. The molecule has 10 heteroatoms. The molecule has 145 heavy (non-hydrogen) atoms. The second kappa shape index (κ2) is 37.1. The standard InChI is InChI=1S/C52H34N4.C42H26N4.C41H30N2/c1-3-15-35(16-4-1)36-27-29-37(30-28-36)46-34-47(54-52(53-46)38-17-5-2-6-18-38)39-31-40(55-48-23-11-7-19-42(48)43-20-8-12-24-49(43)55)33-41(32-39)56-50-25-13-9-21-44(50)45-22-10-14-26-51(45)56;1-3-13-31-29(11-1)25-37(35-17-7-5-15-33(31)35)41-44-40(28-22-20-27(21-23-28)39-19-9-10-24-43-39)45-42(46-41)38-26-30-12-2-4-14-32(30)34-16-6-8-18-36(34)38;1-2-39-42-37-18-10-11-19-38(37)43(39)32-26-24-31(25-27-32)41-35-16-8-6-14-33(35)40(34-15-7-9-17-36(34)41)30-22-20-29(21-23-30)28-12-4-3-5-13-28/h1-34H;1-26H;3-27H,2H2,1H3. The summed E-state index contributed by atoms with van der Waals surface area (Å²) in [5.74, 6) is 3.68. The lowest BCUT2D eigenvalue weighted by Crippen LogP contribution is -2.01. The summed E-state index contributed by atoms with van der Waals surface area (Å²) in [4.78, 5) is 35.5. The van der Waals surface area contributed by atoms with Crippen LogP contribution in [-0.4, -0.2) is 48.6 Å². The van der Waals surface area contributed by atoms with E-state index in [0.29, 0.717) is 23.3 Å². The Kier molecular flexibility index (Phi) is 22.0. The number of rotatable bonds is 15. The van der Waals surface area contributed by atoms with Crippen LogP contribution in [0.2, 0.25) is 0 Å². The van der Waals surface area contributed by atoms with Crippen LogP contribution in [0.3, 0.4) is 0 Å². The van der Waals surface area contributed by atoms with Crippen molar-refractivity contribution in [2.75, 3.05) is 0 Å². The van der Waals surface area contributed by atoms with Gasteiger partial charge in [-0.05, 0) is 206 Å². The molecule has 22 aromatic carbocycles. The fourth-order valence-electron chi connectivity index (χ4n) is 21.5. The molecule has 0 aliphatic carbocycles. The Bertz CT molecular complexity index is 9390. The number of imidazole rings is 1. The summed E-state index contributed by atoms with van der Waals surface area (Å²) >= 11 is 0. The molecule has 0 fully saturated rings. The van der Waals surface area contributed by atoms with E-state index >= 15 is 0 Å². The molecule has 10 nitrogen and oxygen atoms in total. The van der Waals surface area contributed by atoms with Crippen molar-refractivity contribution in [2.24, 2.45) is 0 Å². The van der Waals surface area contributed by atoms with Crippen molar-refractivity contribution < 1.29 is 0 Å². The Morgan fingerprint density at radius 2 is 0.497 bits per heavy atom. The lowest BCUT2D eigenvalue weighted by atomic mass is 9.85. The van der Waals surface area contributed by atoms with E-state index in [-0.39, 0.29) is 0 Å². The third-order valence-electron chi connectivity index (χ3n) is 28.3. The van der Waals surface area contributed by atoms with Crippen molar-refractivity contribution in [3.05, 3.63) is 522 Å². The van der Waals surface area contributed by atoms with E-state index in [0.717, 1.165) is 140 Å². The van der Waals surface area contributed by atoms with E-state index in [2.05, 4.69) is 493 Å². The van der Waals surface area contributed by atoms with Crippen LogP contribution in [0.15, 0.2) is 516 Å². The smallest absolute Gasteiger partial charge is 0.164 e.